The molecule has 5 atom stereocenters. The van der Waals surface area contributed by atoms with Crippen LogP contribution >= 0.6 is 11.6 Å². The number of halogens is 1. The van der Waals surface area contributed by atoms with Gasteiger partial charge in [0.25, 0.3) is 5.91 Å². The highest BCUT2D eigenvalue weighted by molar-refractivity contribution is 6.34. The number of amides is 2. The van der Waals surface area contributed by atoms with Gasteiger partial charge in [0.2, 0.25) is 5.91 Å². The van der Waals surface area contributed by atoms with Gasteiger partial charge in [0, 0.05) is 13.1 Å². The number of benzene rings is 1. The number of ether oxygens (including phenoxy) is 2. The Balaban J connectivity index is 1.76. The second kappa shape index (κ2) is 9.76. The predicted molar refractivity (Wildman–Crippen MR) is 131 cm³/mol. The maximum atomic E-state index is 14.2. The Labute approximate surface area is 210 Å². The SMILES string of the molecule is C=CCCOC(=O)[C@H]1[C@H]2C(=O)N(CCO)C(C(=O)N(CC=C)c3ccccc3Cl)C23CC[C@]1(C)O3. The van der Waals surface area contributed by atoms with E-state index in [4.69, 9.17) is 21.1 Å². The molecule has 3 aliphatic heterocycles. The number of likely N-dealkylation sites (tertiary alicyclic amines) is 1. The number of rotatable bonds is 10. The van der Waals surface area contributed by atoms with Gasteiger partial charge in [-0.2, -0.15) is 0 Å². The van der Waals surface area contributed by atoms with Crippen LogP contribution in [0.2, 0.25) is 5.02 Å². The fourth-order valence-electron chi connectivity index (χ4n) is 6.00. The third-order valence-electron chi connectivity index (χ3n) is 7.39. The van der Waals surface area contributed by atoms with E-state index in [0.29, 0.717) is 30.0 Å². The van der Waals surface area contributed by atoms with E-state index in [0.717, 1.165) is 0 Å². The molecule has 9 heteroatoms. The first kappa shape index (κ1) is 25.4. The zero-order valence-corrected chi connectivity index (χ0v) is 20.6. The molecule has 188 valence electrons. The predicted octanol–water partition coefficient (Wildman–Crippen LogP) is 2.74. The number of anilines is 1. The van der Waals surface area contributed by atoms with Crippen LogP contribution in [0.3, 0.4) is 0 Å². The Kier molecular flexibility index (Phi) is 7.09. The highest BCUT2D eigenvalue weighted by Crippen LogP contribution is 2.63. The highest BCUT2D eigenvalue weighted by Gasteiger charge is 2.78. The van der Waals surface area contributed by atoms with Crippen LogP contribution in [0.15, 0.2) is 49.6 Å². The summed E-state index contributed by atoms with van der Waals surface area (Å²) in [6, 6.07) is 5.90. The van der Waals surface area contributed by atoms with Crippen molar-refractivity contribution in [3.63, 3.8) is 0 Å². The van der Waals surface area contributed by atoms with Crippen molar-refractivity contribution in [3.05, 3.63) is 54.6 Å². The normalized spacial score (nSPS) is 30.8. The van der Waals surface area contributed by atoms with Gasteiger partial charge in [-0.05, 0) is 38.3 Å². The standard InChI is InChI=1S/C26H31ClN2O6/c1-4-6-16-34-24(33)20-19-22(31)29(14-15-30)21(26(19)12-11-25(20,3)35-26)23(32)28(13-5-2)18-10-8-7-9-17(18)27/h4-5,7-10,19-21,30H,1-2,6,11-16H2,3H3/t19-,20+,21?,25-,26?/m0/s1. The van der Waals surface area contributed by atoms with Gasteiger partial charge in [0.05, 0.1) is 35.4 Å². The summed E-state index contributed by atoms with van der Waals surface area (Å²) < 4.78 is 12.0. The van der Waals surface area contributed by atoms with Gasteiger partial charge in [-0.1, -0.05) is 35.9 Å². The van der Waals surface area contributed by atoms with Crippen LogP contribution in [0, 0.1) is 11.8 Å². The van der Waals surface area contributed by atoms with Gasteiger partial charge in [0.15, 0.2) is 0 Å². The summed E-state index contributed by atoms with van der Waals surface area (Å²) in [7, 11) is 0. The number of para-hydroxylation sites is 1. The maximum Gasteiger partial charge on any atom is 0.312 e. The molecule has 1 aromatic carbocycles. The number of carbonyl (C=O) groups is 3. The van der Waals surface area contributed by atoms with E-state index in [9.17, 15) is 19.5 Å². The van der Waals surface area contributed by atoms with Gasteiger partial charge in [0.1, 0.15) is 17.6 Å². The molecule has 2 bridgehead atoms. The average Bonchev–Trinajstić information content (AvgIpc) is 3.39. The second-order valence-electron chi connectivity index (χ2n) is 9.42. The van der Waals surface area contributed by atoms with E-state index in [1.165, 1.54) is 9.80 Å². The lowest BCUT2D eigenvalue weighted by Gasteiger charge is -2.36. The largest absolute Gasteiger partial charge is 0.465 e. The monoisotopic (exact) mass is 502 g/mol. The number of hydrogen-bond donors (Lipinski definition) is 1. The summed E-state index contributed by atoms with van der Waals surface area (Å²) in [4.78, 5) is 43.9. The Hall–Kier alpha value is -2.68. The summed E-state index contributed by atoms with van der Waals surface area (Å²) in [5.41, 5.74) is -1.65. The van der Waals surface area contributed by atoms with Crippen LogP contribution in [-0.2, 0) is 23.9 Å². The van der Waals surface area contributed by atoms with E-state index < -0.39 is 41.0 Å². The van der Waals surface area contributed by atoms with Crippen molar-refractivity contribution in [2.45, 2.75) is 43.4 Å². The zero-order valence-electron chi connectivity index (χ0n) is 19.8. The number of carbonyl (C=O) groups excluding carboxylic acids is 3. The van der Waals surface area contributed by atoms with Crippen molar-refractivity contribution in [1.29, 1.82) is 0 Å². The van der Waals surface area contributed by atoms with Crippen LogP contribution in [-0.4, -0.2) is 71.3 Å². The molecular weight excluding hydrogens is 472 g/mol. The molecule has 1 aromatic rings. The van der Waals surface area contributed by atoms with Crippen LogP contribution in [0.1, 0.15) is 26.2 Å². The third kappa shape index (κ3) is 3.97. The molecule has 4 rings (SSSR count). The van der Waals surface area contributed by atoms with Gasteiger partial charge >= 0.3 is 5.97 Å². The zero-order chi connectivity index (χ0) is 25.4. The van der Waals surface area contributed by atoms with Gasteiger partial charge in [-0.3, -0.25) is 14.4 Å². The molecule has 3 fully saturated rings. The van der Waals surface area contributed by atoms with Crippen molar-refractivity contribution in [2.75, 3.05) is 31.2 Å². The van der Waals surface area contributed by atoms with E-state index in [1.807, 2.05) is 0 Å². The first-order valence-corrected chi connectivity index (χ1v) is 12.2. The van der Waals surface area contributed by atoms with Crippen LogP contribution in [0.4, 0.5) is 5.69 Å². The van der Waals surface area contributed by atoms with E-state index in [-0.39, 0.29) is 32.2 Å². The van der Waals surface area contributed by atoms with E-state index >= 15 is 0 Å². The van der Waals surface area contributed by atoms with Crippen LogP contribution < -0.4 is 4.90 Å². The first-order valence-electron chi connectivity index (χ1n) is 11.8. The minimum absolute atomic E-state index is 0.0593. The molecule has 3 saturated heterocycles. The molecule has 1 spiro atoms. The number of fused-ring (bicyclic) bond motifs is 1. The molecule has 3 heterocycles. The smallest absolute Gasteiger partial charge is 0.312 e. The number of nitrogens with zero attached hydrogens (tertiary/aromatic N) is 2. The van der Waals surface area contributed by atoms with Crippen molar-refractivity contribution >= 4 is 35.1 Å². The van der Waals surface area contributed by atoms with Gasteiger partial charge in [-0.25, -0.2) is 0 Å². The Morgan fingerprint density at radius 3 is 2.71 bits per heavy atom. The summed E-state index contributed by atoms with van der Waals surface area (Å²) in [6.45, 7) is 9.13. The number of aliphatic hydroxyl groups excluding tert-OH is 1. The first-order chi connectivity index (χ1) is 16.8. The fourth-order valence-corrected chi connectivity index (χ4v) is 6.24. The van der Waals surface area contributed by atoms with E-state index in [1.54, 1.807) is 43.3 Å². The fraction of sp³-hybridized carbons (Fsp3) is 0.500. The average molecular weight is 503 g/mol. The molecule has 2 unspecified atom stereocenters. The summed E-state index contributed by atoms with van der Waals surface area (Å²) >= 11 is 6.42. The minimum atomic E-state index is -1.21. The Morgan fingerprint density at radius 1 is 1.31 bits per heavy atom. The molecule has 3 aliphatic rings. The van der Waals surface area contributed by atoms with Crippen molar-refractivity contribution in [2.24, 2.45) is 11.8 Å². The van der Waals surface area contributed by atoms with Crippen LogP contribution in [0.25, 0.3) is 0 Å². The lowest BCUT2D eigenvalue weighted by Crippen LogP contribution is -2.57. The lowest BCUT2D eigenvalue weighted by atomic mass is 9.66. The van der Waals surface area contributed by atoms with Gasteiger partial charge in [-0.15, -0.1) is 13.2 Å². The van der Waals surface area contributed by atoms with Crippen molar-refractivity contribution < 1.29 is 29.0 Å². The summed E-state index contributed by atoms with van der Waals surface area (Å²) in [6.07, 6.45) is 4.65. The molecule has 0 saturated carbocycles. The topological polar surface area (TPSA) is 96.4 Å². The number of esters is 1. The van der Waals surface area contributed by atoms with Crippen molar-refractivity contribution in [1.82, 2.24) is 4.90 Å². The second-order valence-corrected chi connectivity index (χ2v) is 9.82. The van der Waals surface area contributed by atoms with Gasteiger partial charge < -0.3 is 24.4 Å². The number of aliphatic hydroxyl groups is 1. The van der Waals surface area contributed by atoms with E-state index in [2.05, 4.69) is 13.2 Å². The summed E-state index contributed by atoms with van der Waals surface area (Å²) in [5.74, 6) is -3.02. The molecule has 0 radical (unpaired) electrons. The maximum absolute atomic E-state index is 14.2. The minimum Gasteiger partial charge on any atom is -0.465 e. The molecule has 2 amide bonds. The van der Waals surface area contributed by atoms with Crippen molar-refractivity contribution in [3.8, 4) is 0 Å². The molecule has 0 aliphatic carbocycles. The molecule has 8 nitrogen and oxygen atoms in total. The third-order valence-corrected chi connectivity index (χ3v) is 7.71. The summed E-state index contributed by atoms with van der Waals surface area (Å²) in [5, 5.41) is 10.1. The number of β-amino-alcohol motifs (C(OH)–C–C–N with tert-alkyl or cyclic N) is 1. The molecule has 1 N–H and O–H groups in total. The Morgan fingerprint density at radius 2 is 2.06 bits per heavy atom. The number of hydrogen-bond acceptors (Lipinski definition) is 6. The highest BCUT2D eigenvalue weighted by atomic mass is 35.5. The Bertz CT molecular complexity index is 1050. The quantitative estimate of drug-likeness (QED) is 0.300. The molecular formula is C26H31ClN2O6. The molecule has 0 aromatic heterocycles. The molecule has 35 heavy (non-hydrogen) atoms. The van der Waals surface area contributed by atoms with Crippen LogP contribution in [0.5, 0.6) is 0 Å². The lowest BCUT2D eigenvalue weighted by molar-refractivity contribution is -0.159.